The number of esters is 1. The van der Waals surface area contributed by atoms with Crippen LogP contribution in [0.4, 0.5) is 0 Å². The van der Waals surface area contributed by atoms with Gasteiger partial charge in [0.1, 0.15) is 5.75 Å². The number of rotatable bonds is 4. The van der Waals surface area contributed by atoms with Gasteiger partial charge in [0, 0.05) is 0 Å². The van der Waals surface area contributed by atoms with Crippen LogP contribution in [0.1, 0.15) is 39.3 Å². The van der Waals surface area contributed by atoms with Crippen LogP contribution >= 0.6 is 11.8 Å². The number of benzene rings is 1. The molecule has 2 aliphatic heterocycles. The molecule has 2 atom stereocenters. The quantitative estimate of drug-likeness (QED) is 0.757. The van der Waals surface area contributed by atoms with Gasteiger partial charge in [-0.25, -0.2) is 9.79 Å². The lowest BCUT2D eigenvalue weighted by atomic mass is 9.94. The van der Waals surface area contributed by atoms with Crippen molar-refractivity contribution >= 4 is 28.8 Å². The van der Waals surface area contributed by atoms with Crippen molar-refractivity contribution in [2.75, 3.05) is 7.11 Å². The third-order valence-corrected chi connectivity index (χ3v) is 5.31. The van der Waals surface area contributed by atoms with Crippen LogP contribution in [0.25, 0.3) is 0 Å². The first-order valence-corrected chi connectivity index (χ1v) is 9.35. The molecule has 0 radical (unpaired) electrons. The van der Waals surface area contributed by atoms with Crippen LogP contribution in [0, 0.1) is 0 Å². The Morgan fingerprint density at radius 1 is 1.27 bits per heavy atom. The highest BCUT2D eigenvalue weighted by atomic mass is 32.2. The maximum atomic E-state index is 12.8. The first-order chi connectivity index (χ1) is 12.3. The normalized spacial score (nSPS) is 22.5. The Kier molecular flexibility index (Phi) is 5.09. The number of aliphatic imine (C=N–C) groups is 1. The van der Waals surface area contributed by atoms with Gasteiger partial charge in [-0.2, -0.15) is 0 Å². The minimum Gasteiger partial charge on any atom is -0.497 e. The van der Waals surface area contributed by atoms with Gasteiger partial charge < -0.3 is 9.47 Å². The summed E-state index contributed by atoms with van der Waals surface area (Å²) >= 11 is 1.41. The van der Waals surface area contributed by atoms with Crippen LogP contribution in [0.3, 0.4) is 0 Å². The van der Waals surface area contributed by atoms with Crippen LogP contribution in [-0.4, -0.2) is 40.4 Å². The summed E-state index contributed by atoms with van der Waals surface area (Å²) < 4.78 is 10.6. The standard InChI is InChI=1S/C19H22N2O4S/c1-10(2)25-18(23)15-11(3)20-19-21(17(22)12(4)26-19)16(15)13-6-8-14(24-5)9-7-13/h6-10,12,16H,1-5H3. The second-order valence-electron chi connectivity index (χ2n) is 6.49. The van der Waals surface area contributed by atoms with E-state index in [-0.39, 0.29) is 17.3 Å². The van der Waals surface area contributed by atoms with Gasteiger partial charge in [0.15, 0.2) is 5.17 Å². The molecule has 7 heteroatoms. The summed E-state index contributed by atoms with van der Waals surface area (Å²) in [6, 6.07) is 6.81. The maximum Gasteiger partial charge on any atom is 0.338 e. The average Bonchev–Trinajstić information content (AvgIpc) is 2.87. The predicted molar refractivity (Wildman–Crippen MR) is 101 cm³/mol. The molecule has 2 aliphatic rings. The lowest BCUT2D eigenvalue weighted by Gasteiger charge is -2.33. The first kappa shape index (κ1) is 18.5. The van der Waals surface area contributed by atoms with Crippen LogP contribution in [0.2, 0.25) is 0 Å². The number of hydrogen-bond donors (Lipinski definition) is 0. The molecule has 0 aliphatic carbocycles. The average molecular weight is 374 g/mol. The Labute approximate surface area is 157 Å². The van der Waals surface area contributed by atoms with Gasteiger partial charge in [-0.15, -0.1) is 0 Å². The van der Waals surface area contributed by atoms with Crippen molar-refractivity contribution < 1.29 is 19.1 Å². The van der Waals surface area contributed by atoms with E-state index in [2.05, 4.69) is 4.99 Å². The van der Waals surface area contributed by atoms with Crippen LogP contribution in [-0.2, 0) is 14.3 Å². The van der Waals surface area contributed by atoms with Crippen LogP contribution in [0.5, 0.6) is 5.75 Å². The van der Waals surface area contributed by atoms with Crippen molar-refractivity contribution in [2.24, 2.45) is 4.99 Å². The minimum absolute atomic E-state index is 0.0584. The molecule has 1 aromatic rings. The Balaban J connectivity index is 2.11. The number of thioether (sulfide) groups is 1. The van der Waals surface area contributed by atoms with Gasteiger partial charge >= 0.3 is 5.97 Å². The van der Waals surface area contributed by atoms with Gasteiger partial charge in [-0.05, 0) is 45.4 Å². The molecule has 26 heavy (non-hydrogen) atoms. The molecule has 2 unspecified atom stereocenters. The Morgan fingerprint density at radius 3 is 2.50 bits per heavy atom. The molecule has 138 valence electrons. The molecule has 0 saturated carbocycles. The zero-order valence-electron chi connectivity index (χ0n) is 15.5. The lowest BCUT2D eigenvalue weighted by Crippen LogP contribution is -2.40. The number of ether oxygens (including phenoxy) is 2. The molecule has 6 nitrogen and oxygen atoms in total. The number of amides is 1. The highest BCUT2D eigenvalue weighted by molar-refractivity contribution is 8.15. The molecule has 1 fully saturated rings. The van der Waals surface area contributed by atoms with Gasteiger partial charge in [-0.3, -0.25) is 9.69 Å². The fraction of sp³-hybridized carbons (Fsp3) is 0.421. The van der Waals surface area contributed by atoms with Gasteiger partial charge in [0.05, 0.1) is 35.8 Å². The number of hydrogen-bond acceptors (Lipinski definition) is 6. The number of carbonyl (C=O) groups excluding carboxylic acids is 2. The molecule has 0 aromatic heterocycles. The first-order valence-electron chi connectivity index (χ1n) is 8.47. The number of fused-ring (bicyclic) bond motifs is 1. The maximum absolute atomic E-state index is 12.8. The van der Waals surface area contributed by atoms with E-state index >= 15 is 0 Å². The molecule has 2 heterocycles. The van der Waals surface area contributed by atoms with E-state index in [4.69, 9.17) is 9.47 Å². The minimum atomic E-state index is -0.551. The number of amidine groups is 1. The topological polar surface area (TPSA) is 68.2 Å². The van der Waals surface area contributed by atoms with Crippen molar-refractivity contribution in [3.05, 3.63) is 41.1 Å². The smallest absolute Gasteiger partial charge is 0.338 e. The molecule has 1 saturated heterocycles. The largest absolute Gasteiger partial charge is 0.497 e. The molecule has 0 bridgehead atoms. The third-order valence-electron chi connectivity index (χ3n) is 4.25. The van der Waals surface area contributed by atoms with Crippen molar-refractivity contribution in [1.82, 2.24) is 4.90 Å². The number of allylic oxidation sites excluding steroid dienone is 1. The van der Waals surface area contributed by atoms with Crippen molar-refractivity contribution in [1.29, 1.82) is 0 Å². The van der Waals surface area contributed by atoms with E-state index in [1.165, 1.54) is 11.8 Å². The molecule has 1 amide bonds. The number of nitrogens with zero attached hydrogens (tertiary/aromatic N) is 2. The van der Waals surface area contributed by atoms with E-state index < -0.39 is 12.0 Å². The summed E-state index contributed by atoms with van der Waals surface area (Å²) in [5.41, 5.74) is 1.80. The summed E-state index contributed by atoms with van der Waals surface area (Å²) in [5, 5.41) is 0.393. The van der Waals surface area contributed by atoms with E-state index in [0.29, 0.717) is 22.2 Å². The van der Waals surface area contributed by atoms with Crippen molar-refractivity contribution in [3.63, 3.8) is 0 Å². The number of carbonyl (C=O) groups is 2. The fourth-order valence-electron chi connectivity index (χ4n) is 3.04. The summed E-state index contributed by atoms with van der Waals surface area (Å²) in [5.74, 6) is 0.205. The molecular formula is C19H22N2O4S. The monoisotopic (exact) mass is 374 g/mol. The SMILES string of the molecule is COc1ccc(C2C(C(=O)OC(C)C)=C(C)N=C3SC(C)C(=O)N32)cc1. The Bertz CT molecular complexity index is 798. The molecule has 0 N–H and O–H groups in total. The van der Waals surface area contributed by atoms with E-state index in [9.17, 15) is 9.59 Å². The van der Waals surface area contributed by atoms with Crippen LogP contribution in [0.15, 0.2) is 40.5 Å². The molecule has 0 spiro atoms. The zero-order valence-corrected chi connectivity index (χ0v) is 16.3. The summed E-state index contributed by atoms with van der Waals surface area (Å²) in [7, 11) is 1.60. The highest BCUT2D eigenvalue weighted by Gasteiger charge is 2.46. The second-order valence-corrected chi connectivity index (χ2v) is 7.80. The van der Waals surface area contributed by atoms with E-state index in [1.807, 2.05) is 31.2 Å². The lowest BCUT2D eigenvalue weighted by molar-refractivity contribution is -0.143. The van der Waals surface area contributed by atoms with Gasteiger partial charge in [0.25, 0.3) is 0 Å². The van der Waals surface area contributed by atoms with Gasteiger partial charge in [0.2, 0.25) is 5.91 Å². The zero-order chi connectivity index (χ0) is 19.0. The predicted octanol–water partition coefficient (Wildman–Crippen LogP) is 3.30. The summed E-state index contributed by atoms with van der Waals surface area (Å²) in [4.78, 5) is 31.7. The van der Waals surface area contributed by atoms with E-state index in [1.54, 1.807) is 32.8 Å². The highest BCUT2D eigenvalue weighted by Crippen LogP contribution is 2.43. The third kappa shape index (κ3) is 3.23. The molecular weight excluding hydrogens is 352 g/mol. The summed E-state index contributed by atoms with van der Waals surface area (Å²) in [6.07, 6.45) is -0.257. The van der Waals surface area contributed by atoms with E-state index in [0.717, 1.165) is 5.56 Å². The van der Waals surface area contributed by atoms with Crippen molar-refractivity contribution in [3.8, 4) is 5.75 Å². The summed E-state index contributed by atoms with van der Waals surface area (Å²) in [6.45, 7) is 7.23. The fourth-order valence-corrected chi connectivity index (χ4v) is 4.07. The number of methoxy groups -OCH3 is 1. The van der Waals surface area contributed by atoms with Crippen molar-refractivity contribution in [2.45, 2.75) is 45.1 Å². The molecule has 3 rings (SSSR count). The Morgan fingerprint density at radius 2 is 1.92 bits per heavy atom. The van der Waals surface area contributed by atoms with Crippen LogP contribution < -0.4 is 4.74 Å². The molecule has 1 aromatic carbocycles. The van der Waals surface area contributed by atoms with Gasteiger partial charge in [-0.1, -0.05) is 23.9 Å². The Hall–Kier alpha value is -2.28. The second kappa shape index (κ2) is 7.15.